The van der Waals surface area contributed by atoms with Crippen molar-refractivity contribution in [2.75, 3.05) is 13.7 Å². The average Bonchev–Trinajstić information content (AvgIpc) is 2.85. The van der Waals surface area contributed by atoms with Crippen LogP contribution in [-0.2, 0) is 20.9 Å². The summed E-state index contributed by atoms with van der Waals surface area (Å²) in [6, 6.07) is 10.7. The minimum Gasteiger partial charge on any atom is -0.503 e. The first kappa shape index (κ1) is 24.9. The van der Waals surface area contributed by atoms with Gasteiger partial charge in [0.25, 0.3) is 0 Å². The number of allylic oxidation sites excluding steroid dienone is 3. The zero-order valence-corrected chi connectivity index (χ0v) is 21.5. The van der Waals surface area contributed by atoms with Crippen LogP contribution in [0, 0.1) is 0 Å². The van der Waals surface area contributed by atoms with Gasteiger partial charge in [0.05, 0.1) is 23.8 Å². The Labute approximate surface area is 212 Å². The van der Waals surface area contributed by atoms with Gasteiger partial charge in [-0.05, 0) is 78.0 Å². The molecular formula is C27H28BrNO6. The normalized spacial score (nSPS) is 17.6. The Morgan fingerprint density at radius 1 is 1.20 bits per heavy atom. The molecule has 4 rings (SSSR count). The zero-order valence-electron chi connectivity index (χ0n) is 19.9. The zero-order chi connectivity index (χ0) is 25.1. The average molecular weight is 542 g/mol. The molecule has 0 bridgehead atoms. The first-order valence-corrected chi connectivity index (χ1v) is 12.3. The van der Waals surface area contributed by atoms with Gasteiger partial charge in [0, 0.05) is 29.3 Å². The number of carbonyl (C=O) groups is 2. The molecule has 2 aromatic rings. The van der Waals surface area contributed by atoms with Crippen molar-refractivity contribution in [3.05, 3.63) is 74.5 Å². The number of phenols is 1. The van der Waals surface area contributed by atoms with Crippen molar-refractivity contribution in [3.8, 4) is 17.2 Å². The highest BCUT2D eigenvalue weighted by Gasteiger charge is 2.39. The molecule has 0 aromatic heterocycles. The number of dihydropyridines is 1. The van der Waals surface area contributed by atoms with Gasteiger partial charge in [-0.2, -0.15) is 0 Å². The predicted molar refractivity (Wildman–Crippen MR) is 134 cm³/mol. The molecule has 184 valence electrons. The van der Waals surface area contributed by atoms with E-state index >= 15 is 0 Å². The molecule has 0 spiro atoms. The highest BCUT2D eigenvalue weighted by Crippen LogP contribution is 2.46. The number of hydrogen-bond donors (Lipinski definition) is 2. The third kappa shape index (κ3) is 5.07. The second-order valence-electron chi connectivity index (χ2n) is 8.47. The minimum atomic E-state index is -0.640. The minimum absolute atomic E-state index is 0.00105. The molecule has 2 aliphatic rings. The summed E-state index contributed by atoms with van der Waals surface area (Å²) in [5.41, 5.74) is 3.89. The van der Waals surface area contributed by atoms with Gasteiger partial charge in [0.1, 0.15) is 12.4 Å². The van der Waals surface area contributed by atoms with Crippen molar-refractivity contribution in [1.82, 2.24) is 5.32 Å². The molecule has 0 radical (unpaired) electrons. The van der Waals surface area contributed by atoms with E-state index in [1.54, 1.807) is 31.4 Å². The van der Waals surface area contributed by atoms with Crippen molar-refractivity contribution in [2.45, 2.75) is 45.6 Å². The van der Waals surface area contributed by atoms with E-state index in [9.17, 15) is 14.7 Å². The molecule has 2 N–H and O–H groups in total. The number of rotatable bonds is 7. The first-order valence-electron chi connectivity index (χ1n) is 11.5. The van der Waals surface area contributed by atoms with Crippen LogP contribution in [0.5, 0.6) is 17.2 Å². The lowest BCUT2D eigenvalue weighted by Crippen LogP contribution is -2.34. The second kappa shape index (κ2) is 10.6. The number of phenolic OH excluding ortho intramolecular Hbond substituents is 1. The fourth-order valence-corrected chi connectivity index (χ4v) is 5.02. The number of hydrogen-bond acceptors (Lipinski definition) is 7. The summed E-state index contributed by atoms with van der Waals surface area (Å²) in [7, 11) is 1.59. The molecule has 1 atom stereocenters. The maximum absolute atomic E-state index is 13.5. The van der Waals surface area contributed by atoms with Crippen LogP contribution in [0.4, 0.5) is 0 Å². The molecule has 0 amide bonds. The van der Waals surface area contributed by atoms with E-state index in [1.807, 2.05) is 26.0 Å². The molecule has 35 heavy (non-hydrogen) atoms. The van der Waals surface area contributed by atoms with Gasteiger partial charge in [0.15, 0.2) is 17.3 Å². The Balaban J connectivity index is 1.73. The van der Waals surface area contributed by atoms with Crippen LogP contribution >= 0.6 is 15.9 Å². The molecule has 1 aliphatic carbocycles. The Hall–Kier alpha value is -3.26. The number of carbonyl (C=O) groups excluding carboxylic acids is 2. The summed E-state index contributed by atoms with van der Waals surface area (Å²) in [6.07, 6.45) is 1.90. The van der Waals surface area contributed by atoms with Crippen LogP contribution in [0.3, 0.4) is 0 Å². The molecular weight excluding hydrogens is 514 g/mol. The van der Waals surface area contributed by atoms with E-state index in [2.05, 4.69) is 21.2 Å². The highest BCUT2D eigenvalue weighted by atomic mass is 79.9. The lowest BCUT2D eigenvalue weighted by atomic mass is 9.75. The summed E-state index contributed by atoms with van der Waals surface area (Å²) in [4.78, 5) is 26.6. The Kier molecular flexibility index (Phi) is 7.50. The van der Waals surface area contributed by atoms with Crippen LogP contribution in [0.2, 0.25) is 0 Å². The summed E-state index contributed by atoms with van der Waals surface area (Å²) >= 11 is 3.39. The fraction of sp³-hybridized carbons (Fsp3) is 0.333. The monoisotopic (exact) mass is 541 g/mol. The van der Waals surface area contributed by atoms with Crippen LogP contribution in [0.1, 0.15) is 50.2 Å². The van der Waals surface area contributed by atoms with E-state index in [-0.39, 0.29) is 23.9 Å². The topological polar surface area (TPSA) is 94.1 Å². The summed E-state index contributed by atoms with van der Waals surface area (Å²) in [5, 5.41) is 13.7. The van der Waals surface area contributed by atoms with Crippen LogP contribution in [0.25, 0.3) is 0 Å². The van der Waals surface area contributed by atoms with Gasteiger partial charge >= 0.3 is 5.97 Å². The van der Waals surface area contributed by atoms with Crippen LogP contribution in [-0.4, -0.2) is 30.6 Å². The smallest absolute Gasteiger partial charge is 0.337 e. The van der Waals surface area contributed by atoms with E-state index in [1.165, 1.54) is 0 Å². The third-order valence-corrected chi connectivity index (χ3v) is 6.81. The summed E-state index contributed by atoms with van der Waals surface area (Å²) < 4.78 is 16.9. The molecule has 1 aliphatic heterocycles. The van der Waals surface area contributed by atoms with Gasteiger partial charge in [-0.3, -0.25) is 4.79 Å². The Morgan fingerprint density at radius 2 is 1.94 bits per heavy atom. The SMILES string of the molecule is CCOc1cc([C@H]2C(C(=O)OCc3ccc(OC)cc3)=C(C)NC3=C2C(=O)CCC3)cc(Br)c1O. The third-order valence-electron chi connectivity index (χ3n) is 6.21. The number of esters is 1. The number of methoxy groups -OCH3 is 1. The van der Waals surface area contributed by atoms with Gasteiger partial charge in [-0.25, -0.2) is 4.79 Å². The molecule has 0 unspecified atom stereocenters. The van der Waals surface area contributed by atoms with E-state index in [0.29, 0.717) is 45.7 Å². The van der Waals surface area contributed by atoms with Gasteiger partial charge < -0.3 is 24.6 Å². The molecule has 2 aromatic carbocycles. The molecule has 0 saturated carbocycles. The molecule has 0 saturated heterocycles. The van der Waals surface area contributed by atoms with E-state index in [4.69, 9.17) is 14.2 Å². The van der Waals surface area contributed by atoms with Crippen LogP contribution < -0.4 is 14.8 Å². The number of ether oxygens (including phenoxy) is 3. The van der Waals surface area contributed by atoms with E-state index < -0.39 is 11.9 Å². The van der Waals surface area contributed by atoms with Crippen molar-refractivity contribution >= 4 is 27.7 Å². The Bertz CT molecular complexity index is 1210. The van der Waals surface area contributed by atoms with Gasteiger partial charge in [0.2, 0.25) is 0 Å². The van der Waals surface area contributed by atoms with E-state index in [0.717, 1.165) is 24.1 Å². The van der Waals surface area contributed by atoms with Gasteiger partial charge in [-0.15, -0.1) is 0 Å². The largest absolute Gasteiger partial charge is 0.503 e. The molecule has 0 fully saturated rings. The quantitative estimate of drug-likeness (QED) is 0.461. The van der Waals surface area contributed by atoms with Crippen molar-refractivity contribution in [3.63, 3.8) is 0 Å². The fourth-order valence-electron chi connectivity index (χ4n) is 4.56. The second-order valence-corrected chi connectivity index (χ2v) is 9.33. The van der Waals surface area contributed by atoms with Crippen LogP contribution in [0.15, 0.2) is 63.4 Å². The Morgan fingerprint density at radius 3 is 2.63 bits per heavy atom. The lowest BCUT2D eigenvalue weighted by molar-refractivity contribution is -0.140. The maximum Gasteiger partial charge on any atom is 0.337 e. The molecule has 8 heteroatoms. The maximum atomic E-state index is 13.5. The standard InChI is InChI=1S/C27H28BrNO6/c1-4-34-22-13-17(12-19(28)26(22)31)24-23(15(2)29-20-6-5-7-21(30)25(20)24)27(32)35-14-16-8-10-18(33-3)11-9-16/h8-13,24,29,31H,4-7,14H2,1-3H3/t24-/m0/s1. The summed E-state index contributed by atoms with van der Waals surface area (Å²) in [5.74, 6) is -0.184. The number of ketones is 1. The first-order chi connectivity index (χ1) is 16.8. The lowest BCUT2D eigenvalue weighted by Gasteiger charge is -2.34. The number of aromatic hydroxyl groups is 1. The van der Waals surface area contributed by atoms with Crippen molar-refractivity contribution in [2.24, 2.45) is 0 Å². The number of halogens is 1. The number of benzene rings is 2. The predicted octanol–water partition coefficient (Wildman–Crippen LogP) is 5.27. The molecule has 1 heterocycles. The number of Topliss-reactive ketones (excluding diaryl/α,β-unsaturated/α-hetero) is 1. The van der Waals surface area contributed by atoms with Crippen molar-refractivity contribution < 1.29 is 28.9 Å². The van der Waals surface area contributed by atoms with Gasteiger partial charge in [-0.1, -0.05) is 12.1 Å². The molecule has 7 nitrogen and oxygen atoms in total. The number of nitrogens with one attached hydrogen (secondary N) is 1. The van der Waals surface area contributed by atoms with Crippen molar-refractivity contribution in [1.29, 1.82) is 0 Å². The summed E-state index contributed by atoms with van der Waals surface area (Å²) in [6.45, 7) is 4.07. The highest BCUT2D eigenvalue weighted by molar-refractivity contribution is 9.10.